The van der Waals surface area contributed by atoms with Gasteiger partial charge in [0, 0.05) is 56.6 Å². The molecule has 0 bridgehead atoms. The van der Waals surface area contributed by atoms with Gasteiger partial charge in [-0.25, -0.2) is 23.1 Å². The fourth-order valence-corrected chi connectivity index (χ4v) is 4.89. The topological polar surface area (TPSA) is 101 Å². The number of aryl methyl sites for hydroxylation is 2. The summed E-state index contributed by atoms with van der Waals surface area (Å²) in [7, 11) is 2.95. The van der Waals surface area contributed by atoms with Gasteiger partial charge < -0.3 is 15.7 Å². The number of hydrogen-bond acceptors (Lipinski definition) is 6. The zero-order valence-corrected chi connectivity index (χ0v) is 19.0. The van der Waals surface area contributed by atoms with Crippen LogP contribution in [0.2, 0.25) is 0 Å². The summed E-state index contributed by atoms with van der Waals surface area (Å²) in [6, 6.07) is 5.29. The number of rotatable bonds is 6. The summed E-state index contributed by atoms with van der Waals surface area (Å²) in [5.74, 6) is -2.01. The van der Waals surface area contributed by atoms with E-state index in [0.717, 1.165) is 22.2 Å². The normalized spacial score (nSPS) is 21.0. The summed E-state index contributed by atoms with van der Waals surface area (Å²) < 4.78 is 33.5. The Morgan fingerprint density at radius 3 is 2.71 bits per heavy atom. The highest BCUT2D eigenvalue weighted by molar-refractivity contribution is 5.78. The second-order valence-electron chi connectivity index (χ2n) is 8.94. The number of aromatic nitrogens is 5. The van der Waals surface area contributed by atoms with Crippen LogP contribution in [0.4, 0.5) is 8.78 Å². The lowest BCUT2D eigenvalue weighted by molar-refractivity contribution is 0.0740. The van der Waals surface area contributed by atoms with Gasteiger partial charge >= 0.3 is 5.69 Å². The Labute approximate surface area is 194 Å². The van der Waals surface area contributed by atoms with Crippen molar-refractivity contribution in [2.75, 3.05) is 0 Å². The molecule has 1 aliphatic rings. The quantitative estimate of drug-likeness (QED) is 0.393. The average molecular weight is 472 g/mol. The highest BCUT2D eigenvalue weighted by Gasteiger charge is 2.29. The third-order valence-electron chi connectivity index (χ3n) is 6.84. The molecule has 5 rings (SSSR count). The maximum Gasteiger partial charge on any atom is 0.328 e. The minimum atomic E-state index is -1.04. The maximum atomic E-state index is 14.7. The van der Waals surface area contributed by atoms with Gasteiger partial charge in [0.2, 0.25) is 0 Å². The third kappa shape index (κ3) is 3.89. The van der Waals surface area contributed by atoms with E-state index in [0.29, 0.717) is 24.9 Å². The van der Waals surface area contributed by atoms with Crippen molar-refractivity contribution in [3.63, 3.8) is 0 Å². The number of hydrogen-bond donors (Lipinski definition) is 3. The maximum absolute atomic E-state index is 14.7. The van der Waals surface area contributed by atoms with Crippen LogP contribution in [0.5, 0.6) is 0 Å². The Morgan fingerprint density at radius 2 is 1.91 bits per heavy atom. The number of aliphatic hydroxyl groups excluding tert-OH is 1. The highest BCUT2D eigenvalue weighted by atomic mass is 19.2. The van der Waals surface area contributed by atoms with Gasteiger partial charge in [0.05, 0.1) is 11.6 Å². The van der Waals surface area contributed by atoms with E-state index in [1.54, 1.807) is 4.52 Å². The summed E-state index contributed by atoms with van der Waals surface area (Å²) in [6.45, 7) is 0.662. The largest absolute Gasteiger partial charge is 0.391 e. The van der Waals surface area contributed by atoms with Crippen molar-refractivity contribution in [1.29, 1.82) is 0 Å². The fraction of sp³-hybridized carbons (Fsp3) is 0.435. The first-order valence-corrected chi connectivity index (χ1v) is 11.3. The van der Waals surface area contributed by atoms with Gasteiger partial charge in [-0.2, -0.15) is 5.10 Å². The Kier molecular flexibility index (Phi) is 5.92. The van der Waals surface area contributed by atoms with Crippen molar-refractivity contribution >= 4 is 16.7 Å². The molecule has 0 aliphatic heterocycles. The predicted molar refractivity (Wildman–Crippen MR) is 122 cm³/mol. The van der Waals surface area contributed by atoms with Crippen molar-refractivity contribution in [1.82, 2.24) is 34.4 Å². The molecular formula is C23H27F2N7O2. The fourth-order valence-electron chi connectivity index (χ4n) is 4.89. The van der Waals surface area contributed by atoms with Crippen LogP contribution >= 0.6 is 0 Å². The lowest BCUT2D eigenvalue weighted by Gasteiger charge is -2.34. The molecule has 3 heterocycles. The smallest absolute Gasteiger partial charge is 0.328 e. The van der Waals surface area contributed by atoms with Crippen LogP contribution < -0.4 is 16.3 Å². The molecule has 1 aliphatic carbocycles. The van der Waals surface area contributed by atoms with Gasteiger partial charge in [0.15, 0.2) is 17.3 Å². The first-order valence-electron chi connectivity index (χ1n) is 11.3. The van der Waals surface area contributed by atoms with E-state index >= 15 is 0 Å². The van der Waals surface area contributed by atoms with Gasteiger partial charge in [-0.3, -0.25) is 9.13 Å². The number of halogens is 2. The standard InChI is InChI=1S/C23H27F2N7O2/c1-30-17-8-14(19(24)20(25)21(17)31(2)23(30)34)11-27-16-6-5-15(9-18(16)33)26-10-13-4-3-7-32-22(13)28-12-29-32/h3-4,7-8,12,15-16,18,26-27,33H,5-6,9-11H2,1-2H3/t15-,16-,18+/m0/s1. The first kappa shape index (κ1) is 22.6. The molecule has 0 saturated heterocycles. The molecule has 1 fully saturated rings. The van der Waals surface area contributed by atoms with Gasteiger partial charge in [-0.05, 0) is 31.4 Å². The van der Waals surface area contributed by atoms with E-state index in [-0.39, 0.29) is 29.7 Å². The van der Waals surface area contributed by atoms with E-state index in [4.69, 9.17) is 0 Å². The molecule has 11 heteroatoms. The zero-order valence-electron chi connectivity index (χ0n) is 19.0. The zero-order chi connectivity index (χ0) is 24.0. The molecule has 0 spiro atoms. The van der Waals surface area contributed by atoms with Crippen molar-refractivity contribution < 1.29 is 13.9 Å². The molecule has 9 nitrogen and oxygen atoms in total. The van der Waals surface area contributed by atoms with Crippen LogP contribution in [0, 0.1) is 11.6 Å². The Hall–Kier alpha value is -3.15. The molecule has 0 unspecified atom stereocenters. The lowest BCUT2D eigenvalue weighted by atomic mass is 9.88. The molecule has 0 radical (unpaired) electrons. The molecule has 3 aromatic heterocycles. The number of nitrogens with one attached hydrogen (secondary N) is 2. The SMILES string of the molecule is Cn1c(=O)n(C)c2c(F)c(F)c(CN[C@H]3CC[C@H](NCc4cccn5ncnc45)C[C@H]3O)cc21. The monoisotopic (exact) mass is 471 g/mol. The van der Waals surface area contributed by atoms with Crippen molar-refractivity contribution in [3.05, 3.63) is 64.0 Å². The van der Waals surface area contributed by atoms with Crippen LogP contribution in [0.3, 0.4) is 0 Å². The first-order chi connectivity index (χ1) is 16.3. The van der Waals surface area contributed by atoms with Crippen molar-refractivity contribution in [2.45, 2.75) is 50.5 Å². The van der Waals surface area contributed by atoms with Crippen molar-refractivity contribution in [2.24, 2.45) is 14.1 Å². The van der Waals surface area contributed by atoms with E-state index in [1.807, 2.05) is 18.3 Å². The van der Waals surface area contributed by atoms with Crippen molar-refractivity contribution in [3.8, 4) is 0 Å². The van der Waals surface area contributed by atoms with Gasteiger partial charge in [-0.15, -0.1) is 0 Å². The Bertz CT molecular complexity index is 1410. The summed E-state index contributed by atoms with van der Waals surface area (Å²) >= 11 is 0. The molecule has 180 valence electrons. The molecule has 4 aromatic rings. The minimum absolute atomic E-state index is 0.0521. The molecular weight excluding hydrogens is 444 g/mol. The number of pyridine rings is 1. The van der Waals surface area contributed by atoms with Gasteiger partial charge in [0.25, 0.3) is 0 Å². The van der Waals surface area contributed by atoms with E-state index < -0.39 is 23.4 Å². The molecule has 3 N–H and O–H groups in total. The average Bonchev–Trinajstić information content (AvgIpc) is 3.39. The number of nitrogens with zero attached hydrogens (tertiary/aromatic N) is 5. The van der Waals surface area contributed by atoms with E-state index in [1.165, 1.54) is 31.1 Å². The highest BCUT2D eigenvalue weighted by Crippen LogP contribution is 2.24. The predicted octanol–water partition coefficient (Wildman–Crippen LogP) is 1.36. The molecule has 1 saturated carbocycles. The summed E-state index contributed by atoms with van der Waals surface area (Å²) in [5.41, 5.74) is 1.81. The number of imidazole rings is 1. The minimum Gasteiger partial charge on any atom is -0.391 e. The summed E-state index contributed by atoms with van der Waals surface area (Å²) in [5, 5.41) is 21.5. The molecule has 3 atom stereocenters. The number of benzene rings is 1. The lowest BCUT2D eigenvalue weighted by Crippen LogP contribution is -2.48. The van der Waals surface area contributed by atoms with Crippen LogP contribution in [-0.2, 0) is 27.2 Å². The van der Waals surface area contributed by atoms with E-state index in [9.17, 15) is 18.7 Å². The number of aliphatic hydroxyl groups is 1. The van der Waals surface area contributed by atoms with E-state index in [2.05, 4.69) is 20.7 Å². The molecule has 1 aromatic carbocycles. The Morgan fingerprint density at radius 1 is 1.12 bits per heavy atom. The molecule has 0 amide bonds. The summed E-state index contributed by atoms with van der Waals surface area (Å²) in [6.07, 6.45) is 4.78. The van der Waals surface area contributed by atoms with Gasteiger partial charge in [0.1, 0.15) is 11.8 Å². The Balaban J connectivity index is 1.21. The second-order valence-corrected chi connectivity index (χ2v) is 8.94. The number of fused-ring (bicyclic) bond motifs is 2. The van der Waals surface area contributed by atoms with Crippen LogP contribution in [-0.4, -0.2) is 47.0 Å². The van der Waals surface area contributed by atoms with Crippen LogP contribution in [0.15, 0.2) is 35.5 Å². The summed E-state index contributed by atoms with van der Waals surface area (Å²) in [4.78, 5) is 16.4. The van der Waals surface area contributed by atoms with Crippen LogP contribution in [0.25, 0.3) is 16.7 Å². The second kappa shape index (κ2) is 8.90. The van der Waals surface area contributed by atoms with Crippen LogP contribution in [0.1, 0.15) is 30.4 Å². The van der Waals surface area contributed by atoms with Gasteiger partial charge in [-0.1, -0.05) is 6.07 Å². The molecule has 34 heavy (non-hydrogen) atoms. The third-order valence-corrected chi connectivity index (χ3v) is 6.84.